The first-order valence-electron chi connectivity index (χ1n) is 6.14. The Labute approximate surface area is 125 Å². The third-order valence-electron chi connectivity index (χ3n) is 3.06. The van der Waals surface area contributed by atoms with Crippen LogP contribution in [0.15, 0.2) is 24.5 Å². The summed E-state index contributed by atoms with van der Waals surface area (Å²) in [6, 6.07) is 2.94. The number of hydrogen-bond acceptors (Lipinski definition) is 7. The minimum absolute atomic E-state index is 0.155. The van der Waals surface area contributed by atoms with Crippen molar-refractivity contribution in [1.29, 1.82) is 0 Å². The fraction of sp³-hybridized carbons (Fsp3) is 0.455. The van der Waals surface area contributed by atoms with Gasteiger partial charge in [-0.05, 0) is 6.07 Å². The molecular formula is C11H16N2O8P+. The van der Waals surface area contributed by atoms with Crippen LogP contribution in [0.25, 0.3) is 0 Å². The predicted octanol–water partition coefficient (Wildman–Crippen LogP) is -1.59. The van der Waals surface area contributed by atoms with Gasteiger partial charge in [0, 0.05) is 13.2 Å². The van der Waals surface area contributed by atoms with Gasteiger partial charge in [0.1, 0.15) is 11.7 Å². The Balaban J connectivity index is 2.21. The maximum Gasteiger partial charge on any atom is 0.474 e. The van der Waals surface area contributed by atoms with Crippen LogP contribution in [0.3, 0.4) is 0 Å². The van der Waals surface area contributed by atoms with Crippen molar-refractivity contribution in [2.24, 2.45) is 5.73 Å². The van der Waals surface area contributed by atoms with Gasteiger partial charge in [-0.2, -0.15) is 4.57 Å². The van der Waals surface area contributed by atoms with Crippen LogP contribution in [0.4, 0.5) is 0 Å². The number of amides is 1. The minimum atomic E-state index is -4.41. The van der Waals surface area contributed by atoms with Gasteiger partial charge in [-0.15, -0.1) is 0 Å². The number of nitrogens with two attached hydrogens (primary N) is 1. The summed E-state index contributed by atoms with van der Waals surface area (Å²) in [6.07, 6.45) is -3.01. The van der Waals surface area contributed by atoms with Gasteiger partial charge in [-0.25, -0.2) is 4.57 Å². The van der Waals surface area contributed by atoms with Crippen molar-refractivity contribution >= 4 is 13.7 Å². The van der Waals surface area contributed by atoms with Gasteiger partial charge < -0.3 is 20.8 Å². The molecule has 0 aromatic carbocycles. The van der Waals surface area contributed by atoms with Gasteiger partial charge in [-0.1, -0.05) is 0 Å². The van der Waals surface area contributed by atoms with E-state index >= 15 is 0 Å². The molecule has 0 spiro atoms. The topological polar surface area (TPSA) is 152 Å². The number of phosphoric acid groups is 1. The molecule has 2 heterocycles. The molecule has 10 nitrogen and oxygen atoms in total. The fourth-order valence-corrected chi connectivity index (χ4v) is 2.46. The van der Waals surface area contributed by atoms with Crippen molar-refractivity contribution in [2.45, 2.75) is 24.7 Å². The molecule has 1 amide bonds. The first-order valence-corrected chi connectivity index (χ1v) is 7.64. The molecule has 1 aliphatic rings. The molecule has 1 aromatic rings. The van der Waals surface area contributed by atoms with Gasteiger partial charge in [0.25, 0.3) is 12.1 Å². The van der Waals surface area contributed by atoms with E-state index < -0.39 is 38.5 Å². The van der Waals surface area contributed by atoms with Gasteiger partial charge in [0.05, 0.1) is 0 Å². The number of pyridine rings is 1. The molecule has 0 aliphatic carbocycles. The van der Waals surface area contributed by atoms with Gasteiger partial charge in [-0.3, -0.25) is 18.6 Å². The zero-order chi connectivity index (χ0) is 16.5. The standard InChI is InChI=1S/C11H15N2O8P/c1-19-22(17,18)21-11-8(15)7(14)10(20-11)13-4-2-3-6(5-13)9(12)16/h2-5,7-8,10-11,14-15H,1H3,(H2-,12,16,17,18)/p+1/t7-,8+,10-,11-/m1/s1. The summed E-state index contributed by atoms with van der Waals surface area (Å²) in [5.74, 6) is -0.686. The second-order valence-electron chi connectivity index (χ2n) is 4.54. The normalized spacial score (nSPS) is 30.9. The van der Waals surface area contributed by atoms with E-state index in [1.54, 1.807) is 0 Å². The summed E-state index contributed by atoms with van der Waals surface area (Å²) < 4.78 is 26.7. The second-order valence-corrected chi connectivity index (χ2v) is 6.05. The molecule has 0 radical (unpaired) electrons. The Morgan fingerprint density at radius 2 is 2.14 bits per heavy atom. The van der Waals surface area contributed by atoms with Crippen molar-refractivity contribution in [3.8, 4) is 0 Å². The number of carbonyl (C=O) groups is 1. The third-order valence-corrected chi connectivity index (χ3v) is 4.00. The summed E-state index contributed by atoms with van der Waals surface area (Å²) >= 11 is 0. The molecular weight excluding hydrogens is 319 g/mol. The number of ether oxygens (including phenoxy) is 1. The van der Waals surface area contributed by atoms with E-state index in [0.29, 0.717) is 0 Å². The Morgan fingerprint density at radius 3 is 2.73 bits per heavy atom. The Hall–Kier alpha value is -1.39. The highest BCUT2D eigenvalue weighted by molar-refractivity contribution is 7.47. The number of primary amides is 1. The zero-order valence-electron chi connectivity index (χ0n) is 11.5. The summed E-state index contributed by atoms with van der Waals surface area (Å²) in [4.78, 5) is 20.4. The molecule has 22 heavy (non-hydrogen) atoms. The second kappa shape index (κ2) is 6.39. The van der Waals surface area contributed by atoms with Crippen LogP contribution in [0, 0.1) is 0 Å². The number of carbonyl (C=O) groups excluding carboxylic acids is 1. The maximum absolute atomic E-state index is 11.3. The SMILES string of the molecule is COP(=O)(O)O[C@H]1O[C@@H]([n+]2cccc(C(N)=O)c2)[C@H](O)[C@@H]1O. The number of aliphatic hydroxyl groups is 2. The quantitative estimate of drug-likeness (QED) is 0.371. The lowest BCUT2D eigenvalue weighted by Crippen LogP contribution is -2.46. The number of rotatable bonds is 5. The lowest BCUT2D eigenvalue weighted by molar-refractivity contribution is -0.767. The lowest BCUT2D eigenvalue weighted by Gasteiger charge is -2.16. The molecule has 1 aromatic heterocycles. The van der Waals surface area contributed by atoms with Gasteiger partial charge in [0.15, 0.2) is 18.5 Å². The highest BCUT2D eigenvalue weighted by Crippen LogP contribution is 2.46. The molecule has 1 unspecified atom stereocenters. The number of hydrogen-bond donors (Lipinski definition) is 4. The van der Waals surface area contributed by atoms with Crippen LogP contribution in [0.1, 0.15) is 16.6 Å². The minimum Gasteiger partial charge on any atom is -0.385 e. The Kier molecular flexibility index (Phi) is 4.93. The van der Waals surface area contributed by atoms with Crippen molar-refractivity contribution in [3.05, 3.63) is 30.1 Å². The van der Waals surface area contributed by atoms with Crippen LogP contribution in [0.2, 0.25) is 0 Å². The maximum atomic E-state index is 11.3. The van der Waals surface area contributed by atoms with Crippen molar-refractivity contribution in [3.63, 3.8) is 0 Å². The van der Waals surface area contributed by atoms with E-state index in [9.17, 15) is 24.5 Å². The summed E-state index contributed by atoms with van der Waals surface area (Å²) in [6.45, 7) is 0. The number of nitrogens with zero attached hydrogens (tertiary/aromatic N) is 1. The van der Waals surface area contributed by atoms with Crippen LogP contribution < -0.4 is 10.3 Å². The van der Waals surface area contributed by atoms with E-state index in [1.165, 1.54) is 29.1 Å². The highest BCUT2D eigenvalue weighted by Gasteiger charge is 2.51. The fourth-order valence-electron chi connectivity index (χ4n) is 1.93. The van der Waals surface area contributed by atoms with Crippen LogP contribution in [0.5, 0.6) is 0 Å². The zero-order valence-corrected chi connectivity index (χ0v) is 12.4. The summed E-state index contributed by atoms with van der Waals surface area (Å²) in [5, 5.41) is 19.8. The van der Waals surface area contributed by atoms with Crippen molar-refractivity contribution in [2.75, 3.05) is 7.11 Å². The first kappa shape index (κ1) is 17.0. The first-order chi connectivity index (χ1) is 10.2. The van der Waals surface area contributed by atoms with Crippen molar-refractivity contribution in [1.82, 2.24) is 0 Å². The van der Waals surface area contributed by atoms with Gasteiger partial charge >= 0.3 is 7.82 Å². The van der Waals surface area contributed by atoms with Gasteiger partial charge in [0.2, 0.25) is 6.29 Å². The average Bonchev–Trinajstić information content (AvgIpc) is 2.75. The summed E-state index contributed by atoms with van der Waals surface area (Å²) in [5.41, 5.74) is 5.31. The molecule has 1 fully saturated rings. The van der Waals surface area contributed by atoms with E-state index in [4.69, 9.17) is 10.5 Å². The molecule has 5 N–H and O–H groups in total. The highest BCUT2D eigenvalue weighted by atomic mass is 31.2. The molecule has 0 saturated carbocycles. The lowest BCUT2D eigenvalue weighted by atomic mass is 10.2. The smallest absolute Gasteiger partial charge is 0.385 e. The number of phosphoric ester groups is 1. The number of aromatic nitrogens is 1. The van der Waals surface area contributed by atoms with E-state index in [0.717, 1.165) is 7.11 Å². The monoisotopic (exact) mass is 335 g/mol. The molecule has 2 rings (SSSR count). The van der Waals surface area contributed by atoms with Crippen LogP contribution >= 0.6 is 7.82 Å². The molecule has 1 saturated heterocycles. The summed E-state index contributed by atoms with van der Waals surface area (Å²) in [7, 11) is -3.46. The average molecular weight is 335 g/mol. The van der Waals surface area contributed by atoms with E-state index in [1.807, 2.05) is 0 Å². The van der Waals surface area contributed by atoms with Crippen LogP contribution in [-0.2, 0) is 18.3 Å². The molecule has 122 valence electrons. The Morgan fingerprint density at radius 1 is 1.45 bits per heavy atom. The molecule has 1 aliphatic heterocycles. The van der Waals surface area contributed by atoms with E-state index in [-0.39, 0.29) is 5.56 Å². The molecule has 5 atom stereocenters. The van der Waals surface area contributed by atoms with Crippen molar-refractivity contribution < 1.29 is 42.8 Å². The predicted molar refractivity (Wildman–Crippen MR) is 69.0 cm³/mol. The Bertz CT molecular complexity index is 612. The molecule has 11 heteroatoms. The third kappa shape index (κ3) is 3.50. The largest absolute Gasteiger partial charge is 0.474 e. The van der Waals surface area contributed by atoms with Crippen LogP contribution in [-0.4, -0.2) is 46.6 Å². The number of aliphatic hydroxyl groups excluding tert-OH is 2. The molecule has 0 bridgehead atoms. The van der Waals surface area contributed by atoms with E-state index in [2.05, 4.69) is 9.05 Å².